The third kappa shape index (κ3) is 3.07. The van der Waals surface area contributed by atoms with Crippen LogP contribution in [0.2, 0.25) is 0 Å². The van der Waals surface area contributed by atoms with E-state index in [0.29, 0.717) is 18.1 Å². The van der Waals surface area contributed by atoms with Gasteiger partial charge in [-0.25, -0.2) is 9.97 Å². The lowest BCUT2D eigenvalue weighted by Crippen LogP contribution is -2.02. The molecule has 2 aromatic rings. The topological polar surface area (TPSA) is 73.1 Å². The van der Waals surface area contributed by atoms with Crippen LogP contribution in [0.3, 0.4) is 0 Å². The average molecular weight is 230 g/mol. The van der Waals surface area contributed by atoms with E-state index in [4.69, 9.17) is 10.5 Å². The van der Waals surface area contributed by atoms with E-state index >= 15 is 0 Å². The Hall–Kier alpha value is -2.30. The molecule has 0 saturated carbocycles. The highest BCUT2D eigenvalue weighted by atomic mass is 16.5. The number of methoxy groups -OCH3 is 1. The van der Waals surface area contributed by atoms with Gasteiger partial charge in [0.25, 0.3) is 0 Å². The summed E-state index contributed by atoms with van der Waals surface area (Å²) < 4.78 is 4.99. The Kier molecular flexibility index (Phi) is 3.40. The SMILES string of the molecule is COc1ccc(CNc2cc(N)ccn2)cn1. The van der Waals surface area contributed by atoms with Crippen molar-refractivity contribution in [1.29, 1.82) is 0 Å². The van der Waals surface area contributed by atoms with Crippen molar-refractivity contribution in [2.75, 3.05) is 18.2 Å². The number of hydrogen-bond donors (Lipinski definition) is 2. The fraction of sp³-hybridized carbons (Fsp3) is 0.167. The van der Waals surface area contributed by atoms with Gasteiger partial charge >= 0.3 is 0 Å². The Balaban J connectivity index is 1.97. The van der Waals surface area contributed by atoms with Gasteiger partial charge in [-0.05, 0) is 11.6 Å². The lowest BCUT2D eigenvalue weighted by atomic mass is 10.3. The monoisotopic (exact) mass is 230 g/mol. The van der Waals surface area contributed by atoms with E-state index < -0.39 is 0 Å². The second-order valence-corrected chi connectivity index (χ2v) is 3.54. The molecule has 2 heterocycles. The Morgan fingerprint density at radius 2 is 2.18 bits per heavy atom. The zero-order valence-corrected chi connectivity index (χ0v) is 9.55. The number of ether oxygens (including phenoxy) is 1. The van der Waals surface area contributed by atoms with Gasteiger partial charge < -0.3 is 15.8 Å². The molecule has 0 spiro atoms. The van der Waals surface area contributed by atoms with Crippen LogP contribution in [0.15, 0.2) is 36.7 Å². The number of nitrogens with one attached hydrogen (secondary N) is 1. The standard InChI is InChI=1S/C12H14N4O/c1-17-12-3-2-9(8-16-12)7-15-11-6-10(13)4-5-14-11/h2-6,8H,7H2,1H3,(H3,13,14,15). The minimum atomic E-state index is 0.607. The smallest absolute Gasteiger partial charge is 0.212 e. The predicted octanol–water partition coefficient (Wildman–Crippen LogP) is 1.68. The largest absolute Gasteiger partial charge is 0.481 e. The molecule has 17 heavy (non-hydrogen) atoms. The van der Waals surface area contributed by atoms with E-state index in [-0.39, 0.29) is 0 Å². The summed E-state index contributed by atoms with van der Waals surface area (Å²) >= 11 is 0. The van der Waals surface area contributed by atoms with Crippen LogP contribution in [0.25, 0.3) is 0 Å². The first-order valence-electron chi connectivity index (χ1n) is 5.22. The van der Waals surface area contributed by atoms with Crippen molar-refractivity contribution >= 4 is 11.5 Å². The van der Waals surface area contributed by atoms with Crippen molar-refractivity contribution in [2.24, 2.45) is 0 Å². The second kappa shape index (κ2) is 5.16. The minimum absolute atomic E-state index is 0.607. The van der Waals surface area contributed by atoms with E-state index in [9.17, 15) is 0 Å². The first-order valence-corrected chi connectivity index (χ1v) is 5.22. The van der Waals surface area contributed by atoms with Gasteiger partial charge in [0, 0.05) is 36.8 Å². The van der Waals surface area contributed by atoms with Gasteiger partial charge in [0.15, 0.2) is 0 Å². The van der Waals surface area contributed by atoms with E-state index in [1.165, 1.54) is 0 Å². The van der Waals surface area contributed by atoms with Crippen molar-refractivity contribution < 1.29 is 4.74 Å². The minimum Gasteiger partial charge on any atom is -0.481 e. The molecule has 0 bridgehead atoms. The maximum atomic E-state index is 5.66. The van der Waals surface area contributed by atoms with Crippen LogP contribution in [0.1, 0.15) is 5.56 Å². The molecule has 0 unspecified atom stereocenters. The number of pyridine rings is 2. The summed E-state index contributed by atoms with van der Waals surface area (Å²) in [5, 5.41) is 3.17. The van der Waals surface area contributed by atoms with Crippen molar-refractivity contribution in [1.82, 2.24) is 9.97 Å². The molecule has 5 nitrogen and oxygen atoms in total. The number of hydrogen-bond acceptors (Lipinski definition) is 5. The fourth-order valence-corrected chi connectivity index (χ4v) is 1.37. The molecule has 0 aliphatic heterocycles. The third-order valence-electron chi connectivity index (χ3n) is 2.26. The summed E-state index contributed by atoms with van der Waals surface area (Å²) in [6, 6.07) is 7.31. The van der Waals surface area contributed by atoms with Crippen LogP contribution in [0.5, 0.6) is 5.88 Å². The molecule has 0 saturated heterocycles. The molecule has 88 valence electrons. The fourth-order valence-electron chi connectivity index (χ4n) is 1.37. The molecule has 0 radical (unpaired) electrons. The van der Waals surface area contributed by atoms with Crippen molar-refractivity contribution in [3.63, 3.8) is 0 Å². The number of nitrogen functional groups attached to an aromatic ring is 1. The lowest BCUT2D eigenvalue weighted by molar-refractivity contribution is 0.397. The Morgan fingerprint density at radius 3 is 2.82 bits per heavy atom. The molecule has 5 heteroatoms. The number of anilines is 2. The van der Waals surface area contributed by atoms with Crippen LogP contribution in [-0.4, -0.2) is 17.1 Å². The first kappa shape index (κ1) is 11.2. The molecular weight excluding hydrogens is 216 g/mol. The summed E-state index contributed by atoms with van der Waals surface area (Å²) in [5.74, 6) is 1.36. The highest BCUT2D eigenvalue weighted by molar-refractivity contribution is 5.48. The quantitative estimate of drug-likeness (QED) is 0.836. The summed E-state index contributed by atoms with van der Waals surface area (Å²) in [4.78, 5) is 8.27. The summed E-state index contributed by atoms with van der Waals surface area (Å²) in [6.45, 7) is 0.646. The van der Waals surface area contributed by atoms with Crippen LogP contribution in [-0.2, 0) is 6.54 Å². The molecule has 2 rings (SSSR count). The molecule has 0 fully saturated rings. The van der Waals surface area contributed by atoms with Gasteiger partial charge in [-0.2, -0.15) is 0 Å². The Bertz CT molecular complexity index is 484. The first-order chi connectivity index (χ1) is 8.28. The summed E-state index contributed by atoms with van der Waals surface area (Å²) in [7, 11) is 1.59. The van der Waals surface area contributed by atoms with Gasteiger partial charge in [0.2, 0.25) is 5.88 Å². The molecule has 0 amide bonds. The molecule has 0 aromatic carbocycles. The molecular formula is C12H14N4O. The average Bonchev–Trinajstić information content (AvgIpc) is 2.37. The van der Waals surface area contributed by atoms with Crippen LogP contribution in [0, 0.1) is 0 Å². The van der Waals surface area contributed by atoms with Gasteiger partial charge in [0.1, 0.15) is 5.82 Å². The number of aromatic nitrogens is 2. The van der Waals surface area contributed by atoms with Crippen LogP contribution in [0.4, 0.5) is 11.5 Å². The molecule has 2 aromatic heterocycles. The Labute approximate surface area is 99.7 Å². The van der Waals surface area contributed by atoms with Crippen molar-refractivity contribution in [3.8, 4) is 5.88 Å². The summed E-state index contributed by atoms with van der Waals surface area (Å²) in [5.41, 5.74) is 7.40. The third-order valence-corrected chi connectivity index (χ3v) is 2.26. The van der Waals surface area contributed by atoms with E-state index in [1.807, 2.05) is 12.1 Å². The molecule has 0 atom stereocenters. The van der Waals surface area contributed by atoms with Crippen LogP contribution < -0.4 is 15.8 Å². The van der Waals surface area contributed by atoms with Gasteiger partial charge in [-0.3, -0.25) is 0 Å². The zero-order chi connectivity index (χ0) is 12.1. The number of nitrogens with zero attached hydrogens (tertiary/aromatic N) is 2. The maximum Gasteiger partial charge on any atom is 0.212 e. The van der Waals surface area contributed by atoms with E-state index in [2.05, 4.69) is 15.3 Å². The van der Waals surface area contributed by atoms with Gasteiger partial charge in [-0.15, -0.1) is 0 Å². The van der Waals surface area contributed by atoms with Gasteiger partial charge in [0.05, 0.1) is 7.11 Å². The number of nitrogens with two attached hydrogens (primary N) is 1. The zero-order valence-electron chi connectivity index (χ0n) is 9.55. The highest BCUT2D eigenvalue weighted by Gasteiger charge is 1.97. The lowest BCUT2D eigenvalue weighted by Gasteiger charge is -2.06. The summed E-state index contributed by atoms with van der Waals surface area (Å²) in [6.07, 6.45) is 3.43. The maximum absolute atomic E-state index is 5.66. The second-order valence-electron chi connectivity index (χ2n) is 3.54. The molecule has 3 N–H and O–H groups in total. The Morgan fingerprint density at radius 1 is 1.29 bits per heavy atom. The van der Waals surface area contributed by atoms with E-state index in [1.54, 1.807) is 31.6 Å². The molecule has 0 aliphatic rings. The predicted molar refractivity (Wildman–Crippen MR) is 66.8 cm³/mol. The highest BCUT2D eigenvalue weighted by Crippen LogP contribution is 2.11. The normalized spacial score (nSPS) is 9.94. The van der Waals surface area contributed by atoms with Crippen molar-refractivity contribution in [2.45, 2.75) is 6.54 Å². The van der Waals surface area contributed by atoms with Crippen molar-refractivity contribution in [3.05, 3.63) is 42.2 Å². The molecule has 0 aliphatic carbocycles. The van der Waals surface area contributed by atoms with E-state index in [0.717, 1.165) is 11.4 Å². The van der Waals surface area contributed by atoms with Crippen LogP contribution >= 0.6 is 0 Å². The number of rotatable bonds is 4. The van der Waals surface area contributed by atoms with Gasteiger partial charge in [-0.1, -0.05) is 6.07 Å².